The zero-order valence-electron chi connectivity index (χ0n) is 49.8. The number of nitrogens with zero attached hydrogens (tertiary/aromatic N) is 3. The maximum atomic E-state index is 14.8. The lowest BCUT2D eigenvalue weighted by Crippen LogP contribution is -2.65. The number of benzene rings is 2. The number of para-hydroxylation sites is 1. The molecule has 2 aromatic heterocycles. The first-order chi connectivity index (χ1) is 41.6. The van der Waals surface area contributed by atoms with Crippen molar-refractivity contribution in [2.45, 2.75) is 166 Å². The van der Waals surface area contributed by atoms with Gasteiger partial charge in [-0.2, -0.15) is 0 Å². The van der Waals surface area contributed by atoms with E-state index in [1.807, 2.05) is 19.9 Å². The van der Waals surface area contributed by atoms with E-state index in [-0.39, 0.29) is 107 Å². The highest BCUT2D eigenvalue weighted by Crippen LogP contribution is 2.23. The molecule has 10 amide bonds. The number of aliphatic hydroxyl groups is 1. The molecule has 4 aromatic rings. The number of fused-ring (bicyclic) bond motifs is 1. The van der Waals surface area contributed by atoms with Crippen LogP contribution in [0.4, 0.5) is 0 Å². The van der Waals surface area contributed by atoms with Crippen LogP contribution in [0.3, 0.4) is 0 Å². The molecule has 28 nitrogen and oxygen atoms in total. The van der Waals surface area contributed by atoms with E-state index in [1.54, 1.807) is 45.2 Å². The minimum Gasteiger partial charge on any atom is -0.508 e. The SMILES string of the molecule is CCNC(=O)[C@@H]1CCCN1C(=O)[C@H](CCCN=C(N)N)NC(=O)[C@H](CC(C)C)NC(=O)C(CC)(CC)NC(=O)[C@H](Cc1ccc(O)cc1)NC(=O)[C@H](CO)NC(=O)[C@@H](Cc1c[nH]c2ccccc12)NC(=O)[C@H](Cc1cnc[nH]1)NC(=O)[C@@H]1CCC(=O)N1. The zero-order valence-corrected chi connectivity index (χ0v) is 49.8. The number of imidazole rings is 1. The number of phenols is 1. The summed E-state index contributed by atoms with van der Waals surface area (Å²) in [6.45, 7) is 8.50. The van der Waals surface area contributed by atoms with Crippen LogP contribution in [0.25, 0.3) is 10.9 Å². The Hall–Kier alpha value is -9.08. The number of nitrogens with two attached hydrogens (primary N) is 2. The molecule has 2 aliphatic rings. The fourth-order valence-electron chi connectivity index (χ4n) is 10.7. The number of likely N-dealkylation sites (N-methyl/N-ethyl adjacent to an activating group) is 1. The van der Waals surface area contributed by atoms with Gasteiger partial charge in [0.2, 0.25) is 59.1 Å². The summed E-state index contributed by atoms with van der Waals surface area (Å²) >= 11 is 0. The lowest BCUT2D eigenvalue weighted by atomic mass is 9.89. The summed E-state index contributed by atoms with van der Waals surface area (Å²) in [5.41, 5.74) is 11.6. The van der Waals surface area contributed by atoms with Crippen molar-refractivity contribution < 1.29 is 58.2 Å². The van der Waals surface area contributed by atoms with E-state index >= 15 is 0 Å². The van der Waals surface area contributed by atoms with Crippen molar-refractivity contribution in [3.8, 4) is 5.75 Å². The minimum atomic E-state index is -1.76. The van der Waals surface area contributed by atoms with Crippen molar-refractivity contribution in [2.24, 2.45) is 22.4 Å². The highest BCUT2D eigenvalue weighted by atomic mass is 16.3. The minimum absolute atomic E-state index is 0.0263. The van der Waals surface area contributed by atoms with Crippen molar-refractivity contribution in [1.29, 1.82) is 0 Å². The molecule has 0 aliphatic carbocycles. The van der Waals surface area contributed by atoms with E-state index in [0.717, 1.165) is 5.52 Å². The van der Waals surface area contributed by atoms with Gasteiger partial charge in [-0.1, -0.05) is 58.0 Å². The van der Waals surface area contributed by atoms with Crippen LogP contribution in [-0.2, 0) is 67.2 Å². The third-order valence-corrected chi connectivity index (χ3v) is 15.6. The number of carbonyl (C=O) groups is 10. The van der Waals surface area contributed by atoms with E-state index in [4.69, 9.17) is 11.5 Å². The predicted octanol–water partition coefficient (Wildman–Crippen LogP) is -1.29. The van der Waals surface area contributed by atoms with Crippen LogP contribution in [0.15, 0.2) is 72.2 Å². The van der Waals surface area contributed by atoms with Gasteiger partial charge < -0.3 is 84.4 Å². The average Bonchev–Trinajstić information content (AvgIpc) is 3.24. The summed E-state index contributed by atoms with van der Waals surface area (Å²) in [5.74, 6) is -7.34. The summed E-state index contributed by atoms with van der Waals surface area (Å²) in [4.78, 5) is 156. The van der Waals surface area contributed by atoms with Gasteiger partial charge in [-0.05, 0) is 93.5 Å². The number of nitrogens with one attached hydrogen (secondary N) is 11. The quantitative estimate of drug-likeness (QED) is 0.0154. The van der Waals surface area contributed by atoms with Gasteiger partial charge in [-0.15, -0.1) is 0 Å². The number of carbonyl (C=O) groups excluding carboxylic acids is 10. The summed E-state index contributed by atoms with van der Waals surface area (Å²) in [6, 6.07) is 2.87. The fourth-order valence-corrected chi connectivity index (χ4v) is 10.7. The predicted molar refractivity (Wildman–Crippen MR) is 320 cm³/mol. The topological polar surface area (TPSA) is 432 Å². The first-order valence-electron chi connectivity index (χ1n) is 29.6. The van der Waals surface area contributed by atoms with Crippen molar-refractivity contribution in [1.82, 2.24) is 67.7 Å². The Labute approximate surface area is 504 Å². The van der Waals surface area contributed by atoms with Crippen LogP contribution in [0.1, 0.15) is 109 Å². The number of aromatic hydroxyl groups is 1. The molecular weight excluding hydrogens is 1120 g/mol. The molecule has 0 radical (unpaired) electrons. The van der Waals surface area contributed by atoms with Gasteiger partial charge in [0.15, 0.2) is 5.96 Å². The van der Waals surface area contributed by atoms with Gasteiger partial charge in [0.1, 0.15) is 59.6 Å². The van der Waals surface area contributed by atoms with Crippen LogP contribution >= 0.6 is 0 Å². The zero-order chi connectivity index (χ0) is 63.4. The number of amides is 10. The number of rotatable bonds is 32. The lowest BCUT2D eigenvalue weighted by Gasteiger charge is -2.35. The fraction of sp³-hybridized carbons (Fsp3) is 0.525. The van der Waals surface area contributed by atoms with Gasteiger partial charge in [0.05, 0.1) is 12.9 Å². The van der Waals surface area contributed by atoms with Crippen molar-refractivity contribution in [3.05, 3.63) is 84.1 Å². The second-order valence-electron chi connectivity index (χ2n) is 22.3. The Bertz CT molecular complexity index is 3070. The second kappa shape index (κ2) is 31.9. The molecule has 28 heteroatoms. The highest BCUT2D eigenvalue weighted by Gasteiger charge is 2.43. The van der Waals surface area contributed by atoms with E-state index in [2.05, 4.69) is 67.8 Å². The summed E-state index contributed by atoms with van der Waals surface area (Å²) < 4.78 is 0. The molecule has 2 saturated heterocycles. The number of phenolic OH excluding ortho intramolecular Hbond substituents is 1. The van der Waals surface area contributed by atoms with Crippen LogP contribution < -0.4 is 59.3 Å². The van der Waals surface area contributed by atoms with E-state index in [9.17, 15) is 58.2 Å². The Morgan fingerprint density at radius 2 is 1.40 bits per heavy atom. The van der Waals surface area contributed by atoms with Crippen LogP contribution in [0, 0.1) is 5.92 Å². The monoisotopic (exact) mass is 1210 g/mol. The van der Waals surface area contributed by atoms with Crippen molar-refractivity contribution >= 4 is 75.9 Å². The molecule has 0 spiro atoms. The van der Waals surface area contributed by atoms with Gasteiger partial charge in [-0.3, -0.25) is 52.9 Å². The largest absolute Gasteiger partial charge is 0.508 e. The molecule has 0 unspecified atom stereocenters. The van der Waals surface area contributed by atoms with E-state index < -0.39 is 108 Å². The van der Waals surface area contributed by atoms with Crippen LogP contribution in [0.2, 0.25) is 0 Å². The number of likely N-dealkylation sites (tertiary alicyclic amines) is 1. The van der Waals surface area contributed by atoms with Crippen LogP contribution in [0.5, 0.6) is 5.75 Å². The first-order valence-corrected chi connectivity index (χ1v) is 29.6. The number of aromatic nitrogens is 3. The average molecular weight is 1210 g/mol. The smallest absolute Gasteiger partial charge is 0.246 e. The van der Waals surface area contributed by atoms with Gasteiger partial charge >= 0.3 is 0 Å². The number of aromatic amines is 2. The molecule has 0 bridgehead atoms. The third kappa shape index (κ3) is 18.7. The molecule has 2 fully saturated rings. The number of hydrogen-bond acceptors (Lipinski definition) is 14. The van der Waals surface area contributed by atoms with Gasteiger partial charge in [0.25, 0.3) is 0 Å². The molecule has 0 saturated carbocycles. The normalized spacial score (nSPS) is 16.9. The van der Waals surface area contributed by atoms with E-state index in [0.29, 0.717) is 41.6 Å². The number of guanidine groups is 1. The van der Waals surface area contributed by atoms with Gasteiger partial charge in [-0.25, -0.2) is 4.98 Å². The molecule has 2 aromatic carbocycles. The maximum Gasteiger partial charge on any atom is 0.246 e. The number of H-pyrrole nitrogens is 2. The summed E-state index contributed by atoms with van der Waals surface area (Å²) in [6.07, 6.45) is 5.69. The Kier molecular flexibility index (Phi) is 24.6. The standard InChI is InChI=1S/C59H84N16O12/c1-6-59(7-2,57(87)73-42(25-33(4)5)50(80)68-41(15-11-23-64-58(60)61)56(86)75-24-12-16-47(75)55(85)63-8-3)74-54(84)43(26-34-17-19-37(77)20-18-34)69-53(83)46(31-76)72-51(81)44(27-35-29-65-39-14-10-9-13-38(35)39)70-52(82)45(28-36-30-62-32-66-36)71-49(79)40-21-22-48(78)67-40/h9-10,13-14,17-20,29-30,32-33,40-47,65,76-77H,6-8,11-12,15-16,21-28,31H2,1-5H3,(H,62,66)(H,63,85)(H,67,78)(H,68,80)(H,69,83)(H,70,82)(H,71,79)(H,72,81)(H,73,87)(H,74,84)(H4,60,61,64)/t40-,41-,42-,43-,44+,45-,46-,47-/m0/s1. The molecule has 17 N–H and O–H groups in total. The molecule has 2 aliphatic heterocycles. The molecular formula is C59H84N16O12. The number of aliphatic imine (C=N–C) groups is 1. The lowest BCUT2D eigenvalue weighted by molar-refractivity contribution is -0.142. The number of hydrogen-bond donors (Lipinski definition) is 15. The summed E-state index contributed by atoms with van der Waals surface area (Å²) in [5, 5.41) is 46.1. The first kappa shape index (κ1) is 67.1. The second-order valence-corrected chi connectivity index (χ2v) is 22.3. The Morgan fingerprint density at radius 1 is 0.759 bits per heavy atom. The summed E-state index contributed by atoms with van der Waals surface area (Å²) in [7, 11) is 0. The maximum absolute atomic E-state index is 14.8. The van der Waals surface area contributed by atoms with Crippen molar-refractivity contribution in [3.63, 3.8) is 0 Å². The van der Waals surface area contributed by atoms with Crippen LogP contribution in [-0.4, -0.2) is 175 Å². The third-order valence-electron chi connectivity index (χ3n) is 15.6. The van der Waals surface area contributed by atoms with Gasteiger partial charge in [0, 0.05) is 74.3 Å². The molecule has 8 atom stereocenters. The molecule has 6 rings (SSSR count). The van der Waals surface area contributed by atoms with E-state index in [1.165, 1.54) is 41.7 Å². The van der Waals surface area contributed by atoms with Crippen molar-refractivity contribution in [2.75, 3.05) is 26.2 Å². The molecule has 87 heavy (non-hydrogen) atoms. The number of aliphatic hydroxyl groups excluding tert-OH is 1. The Morgan fingerprint density at radius 3 is 2.02 bits per heavy atom. The molecule has 472 valence electrons. The highest BCUT2D eigenvalue weighted by molar-refractivity contribution is 6.00. The molecule has 4 heterocycles. The Balaban J connectivity index is 1.23.